The minimum absolute atomic E-state index is 0.177. The van der Waals surface area contributed by atoms with Crippen molar-refractivity contribution in [3.05, 3.63) is 29.3 Å². The molecule has 6 nitrogen and oxygen atoms in total. The molecule has 0 unspecified atom stereocenters. The Morgan fingerprint density at radius 3 is 2.10 bits per heavy atom. The van der Waals surface area contributed by atoms with Crippen molar-refractivity contribution >= 4 is 35.3 Å². The highest BCUT2D eigenvalue weighted by Crippen LogP contribution is 2.16. The molecule has 0 aliphatic heterocycles. The van der Waals surface area contributed by atoms with E-state index in [0.29, 0.717) is 12.8 Å². The van der Waals surface area contributed by atoms with E-state index in [0.717, 1.165) is 11.8 Å². The minimum atomic E-state index is -1.24. The zero-order chi connectivity index (χ0) is 15.1. The predicted octanol–water partition coefficient (Wildman–Crippen LogP) is 2.16. The minimum Gasteiger partial charge on any atom is -0.478 e. The lowest BCUT2D eigenvalue weighted by Crippen LogP contribution is -2.13. The second kappa shape index (κ2) is 7.54. The third-order valence-electron chi connectivity index (χ3n) is 2.46. The molecule has 0 fully saturated rings. The molecule has 0 aliphatic rings. The molecule has 0 atom stereocenters. The zero-order valence-corrected chi connectivity index (χ0v) is 11.7. The van der Waals surface area contributed by atoms with Crippen LogP contribution in [0.25, 0.3) is 0 Å². The lowest BCUT2D eigenvalue weighted by Gasteiger charge is -2.07. The molecule has 1 rings (SSSR count). The van der Waals surface area contributed by atoms with Crippen molar-refractivity contribution in [2.24, 2.45) is 0 Å². The number of nitrogens with one attached hydrogen (secondary N) is 1. The van der Waals surface area contributed by atoms with Crippen molar-refractivity contribution in [3.63, 3.8) is 0 Å². The summed E-state index contributed by atoms with van der Waals surface area (Å²) in [6.07, 6.45) is 2.95. The van der Waals surface area contributed by atoms with E-state index in [9.17, 15) is 14.4 Å². The van der Waals surface area contributed by atoms with Crippen LogP contribution in [0.3, 0.4) is 0 Å². The fraction of sp³-hybridized carbons (Fsp3) is 0.308. The molecule has 0 aromatic heterocycles. The number of carbonyl (C=O) groups is 3. The average molecular weight is 297 g/mol. The Labute approximate surface area is 120 Å². The molecule has 0 bridgehead atoms. The van der Waals surface area contributed by atoms with E-state index >= 15 is 0 Å². The van der Waals surface area contributed by atoms with E-state index in [-0.39, 0.29) is 22.7 Å². The molecule has 20 heavy (non-hydrogen) atoms. The summed E-state index contributed by atoms with van der Waals surface area (Å²) in [5.41, 5.74) is -0.176. The van der Waals surface area contributed by atoms with Gasteiger partial charge in [-0.3, -0.25) is 4.79 Å². The van der Waals surface area contributed by atoms with Crippen LogP contribution in [-0.2, 0) is 4.79 Å². The molecule has 3 N–H and O–H groups in total. The van der Waals surface area contributed by atoms with Gasteiger partial charge in [0.15, 0.2) is 0 Å². The van der Waals surface area contributed by atoms with Gasteiger partial charge in [0, 0.05) is 12.1 Å². The molecule has 1 amide bonds. The number of hydrogen-bond donors (Lipinski definition) is 3. The fourth-order valence-electron chi connectivity index (χ4n) is 1.55. The van der Waals surface area contributed by atoms with Gasteiger partial charge in [0.05, 0.1) is 11.1 Å². The normalized spacial score (nSPS) is 10.1. The van der Waals surface area contributed by atoms with Gasteiger partial charge in [-0.25, -0.2) is 9.59 Å². The highest BCUT2D eigenvalue weighted by atomic mass is 32.2. The van der Waals surface area contributed by atoms with Crippen molar-refractivity contribution in [1.82, 2.24) is 0 Å². The summed E-state index contributed by atoms with van der Waals surface area (Å²) in [6, 6.07) is 3.52. The van der Waals surface area contributed by atoms with E-state index in [4.69, 9.17) is 10.2 Å². The summed E-state index contributed by atoms with van der Waals surface area (Å²) in [6.45, 7) is 0. The smallest absolute Gasteiger partial charge is 0.335 e. The first-order valence-corrected chi connectivity index (χ1v) is 7.24. The summed E-state index contributed by atoms with van der Waals surface area (Å²) in [5.74, 6) is -1.90. The molecule has 108 valence electrons. The molecule has 0 saturated heterocycles. The van der Waals surface area contributed by atoms with Gasteiger partial charge in [-0.15, -0.1) is 0 Å². The number of rotatable bonds is 7. The van der Waals surface area contributed by atoms with Gasteiger partial charge in [-0.05, 0) is 36.6 Å². The summed E-state index contributed by atoms with van der Waals surface area (Å²) in [7, 11) is 0. The molecule has 1 aromatic rings. The summed E-state index contributed by atoms with van der Waals surface area (Å²) in [5, 5.41) is 20.3. The van der Waals surface area contributed by atoms with Gasteiger partial charge >= 0.3 is 11.9 Å². The summed E-state index contributed by atoms with van der Waals surface area (Å²) in [4.78, 5) is 33.5. The number of hydrogen-bond acceptors (Lipinski definition) is 4. The summed E-state index contributed by atoms with van der Waals surface area (Å²) < 4.78 is 0. The summed E-state index contributed by atoms with van der Waals surface area (Å²) >= 11 is 1.63. The highest BCUT2D eigenvalue weighted by molar-refractivity contribution is 7.98. The first-order valence-electron chi connectivity index (χ1n) is 5.84. The maximum Gasteiger partial charge on any atom is 0.335 e. The van der Waals surface area contributed by atoms with Crippen molar-refractivity contribution in [2.45, 2.75) is 12.8 Å². The van der Waals surface area contributed by atoms with Gasteiger partial charge in [0.2, 0.25) is 5.91 Å². The van der Waals surface area contributed by atoms with Gasteiger partial charge in [-0.2, -0.15) is 11.8 Å². The number of anilines is 1. The molecule has 1 aromatic carbocycles. The average Bonchev–Trinajstić information content (AvgIpc) is 2.38. The van der Waals surface area contributed by atoms with Crippen LogP contribution in [0.5, 0.6) is 0 Å². The maximum atomic E-state index is 11.6. The van der Waals surface area contributed by atoms with Crippen molar-refractivity contribution < 1.29 is 24.6 Å². The molecule has 0 spiro atoms. The molecular formula is C13H15NO5S. The number of benzene rings is 1. The van der Waals surface area contributed by atoms with E-state index in [1.807, 2.05) is 6.26 Å². The Bertz CT molecular complexity index is 497. The quantitative estimate of drug-likeness (QED) is 0.666. The third-order valence-corrected chi connectivity index (χ3v) is 3.16. The van der Waals surface area contributed by atoms with Crippen LogP contribution in [0.15, 0.2) is 18.2 Å². The second-order valence-corrected chi connectivity index (χ2v) is 5.04. The second-order valence-electron chi connectivity index (χ2n) is 4.05. The number of carboxylic acids is 2. The Morgan fingerprint density at radius 1 is 1.10 bits per heavy atom. The van der Waals surface area contributed by atoms with Crippen LogP contribution >= 0.6 is 11.8 Å². The van der Waals surface area contributed by atoms with Crippen molar-refractivity contribution in [1.29, 1.82) is 0 Å². The van der Waals surface area contributed by atoms with E-state index < -0.39 is 11.9 Å². The lowest BCUT2D eigenvalue weighted by atomic mass is 10.1. The molecule has 0 heterocycles. The predicted molar refractivity (Wildman–Crippen MR) is 76.6 cm³/mol. The molecular weight excluding hydrogens is 282 g/mol. The first-order chi connectivity index (χ1) is 9.43. The number of carboxylic acid groups (broad SMARTS) is 2. The fourth-order valence-corrected chi connectivity index (χ4v) is 1.98. The van der Waals surface area contributed by atoms with Crippen LogP contribution in [-0.4, -0.2) is 40.1 Å². The van der Waals surface area contributed by atoms with Gasteiger partial charge in [-0.1, -0.05) is 0 Å². The monoisotopic (exact) mass is 297 g/mol. The van der Waals surface area contributed by atoms with E-state index in [1.165, 1.54) is 12.1 Å². The number of aromatic carboxylic acids is 2. The van der Waals surface area contributed by atoms with Crippen molar-refractivity contribution in [3.8, 4) is 0 Å². The number of thioether (sulfide) groups is 1. The SMILES string of the molecule is CSCCCC(=O)Nc1cc(C(=O)O)cc(C(=O)O)c1. The first kappa shape index (κ1) is 16.0. The lowest BCUT2D eigenvalue weighted by molar-refractivity contribution is -0.116. The molecule has 0 saturated carbocycles. The van der Waals surface area contributed by atoms with Crippen LogP contribution in [0.1, 0.15) is 33.6 Å². The number of amides is 1. The van der Waals surface area contributed by atoms with E-state index in [2.05, 4.69) is 5.32 Å². The Kier molecular flexibility index (Phi) is 6.05. The highest BCUT2D eigenvalue weighted by Gasteiger charge is 2.12. The standard InChI is InChI=1S/C13H15NO5S/c1-20-4-2-3-11(15)14-10-6-8(12(16)17)5-9(7-10)13(18)19/h5-7H,2-4H2,1H3,(H,14,15)(H,16,17)(H,18,19). The molecule has 0 aliphatic carbocycles. The largest absolute Gasteiger partial charge is 0.478 e. The van der Waals surface area contributed by atoms with Crippen LogP contribution in [0, 0.1) is 0 Å². The van der Waals surface area contributed by atoms with E-state index in [1.54, 1.807) is 11.8 Å². The third kappa shape index (κ3) is 4.93. The number of carbonyl (C=O) groups excluding carboxylic acids is 1. The molecule has 0 radical (unpaired) electrons. The van der Waals surface area contributed by atoms with Crippen molar-refractivity contribution in [2.75, 3.05) is 17.3 Å². The van der Waals surface area contributed by atoms with Gasteiger partial charge in [0.1, 0.15) is 0 Å². The Morgan fingerprint density at radius 2 is 1.65 bits per heavy atom. The zero-order valence-electron chi connectivity index (χ0n) is 10.9. The van der Waals surface area contributed by atoms with Gasteiger partial charge < -0.3 is 15.5 Å². The molecule has 7 heteroatoms. The van der Waals surface area contributed by atoms with Crippen LogP contribution in [0.2, 0.25) is 0 Å². The van der Waals surface area contributed by atoms with Crippen LogP contribution in [0.4, 0.5) is 5.69 Å². The maximum absolute atomic E-state index is 11.6. The Balaban J connectivity index is 2.86. The Hall–Kier alpha value is -2.02. The topological polar surface area (TPSA) is 104 Å². The van der Waals surface area contributed by atoms with Gasteiger partial charge in [0.25, 0.3) is 0 Å². The van der Waals surface area contributed by atoms with Crippen LogP contribution < -0.4 is 5.32 Å².